The lowest BCUT2D eigenvalue weighted by molar-refractivity contribution is -0.133. The van der Waals surface area contributed by atoms with Crippen molar-refractivity contribution in [2.24, 2.45) is 17.8 Å². The first-order valence-corrected chi connectivity index (χ1v) is 8.61. The van der Waals surface area contributed by atoms with Crippen LogP contribution in [-0.4, -0.2) is 49.2 Å². The van der Waals surface area contributed by atoms with E-state index < -0.39 is 0 Å². The second-order valence-corrected chi connectivity index (χ2v) is 7.17. The van der Waals surface area contributed by atoms with E-state index >= 15 is 0 Å². The molecule has 116 valence electrons. The maximum atomic E-state index is 12.6. The van der Waals surface area contributed by atoms with Crippen LogP contribution in [0.4, 0.5) is 0 Å². The normalized spacial score (nSPS) is 39.6. The van der Waals surface area contributed by atoms with Gasteiger partial charge in [0.2, 0.25) is 5.91 Å². The zero-order valence-corrected chi connectivity index (χ0v) is 12.7. The summed E-state index contributed by atoms with van der Waals surface area (Å²) in [5.74, 6) is 2.68. The number of carbonyl (C=O) groups is 1. The predicted octanol–water partition coefficient (Wildman–Crippen LogP) is 1.57. The van der Waals surface area contributed by atoms with Crippen LogP contribution < -0.4 is 5.32 Å². The molecule has 0 aromatic carbocycles. The Hall–Kier alpha value is -0.870. The van der Waals surface area contributed by atoms with E-state index in [0.717, 1.165) is 63.3 Å². The number of likely N-dealkylation sites (tertiary alicyclic amines) is 1. The minimum Gasteiger partial charge on any atom is -0.381 e. The maximum Gasteiger partial charge on any atom is 0.240 e. The van der Waals surface area contributed by atoms with E-state index in [1.165, 1.54) is 12.8 Å². The molecule has 21 heavy (non-hydrogen) atoms. The van der Waals surface area contributed by atoms with E-state index in [9.17, 15) is 4.79 Å². The van der Waals surface area contributed by atoms with Gasteiger partial charge in [-0.05, 0) is 56.4 Å². The van der Waals surface area contributed by atoms with Crippen molar-refractivity contribution in [3.8, 4) is 0 Å². The number of ether oxygens (including phenoxy) is 1. The molecule has 4 aliphatic rings. The Bertz CT molecular complexity index is 431. The van der Waals surface area contributed by atoms with Gasteiger partial charge >= 0.3 is 0 Å². The van der Waals surface area contributed by atoms with Crippen LogP contribution in [0.2, 0.25) is 0 Å². The topological polar surface area (TPSA) is 41.6 Å². The van der Waals surface area contributed by atoms with E-state index in [1.807, 2.05) is 0 Å². The highest BCUT2D eigenvalue weighted by Crippen LogP contribution is 2.43. The first kappa shape index (κ1) is 13.8. The SMILES string of the molecule is O=C1C(NCC2CC3C=CC2C3)CCN1C1CCOCC1. The summed E-state index contributed by atoms with van der Waals surface area (Å²) >= 11 is 0. The number of hydrogen-bond donors (Lipinski definition) is 1. The fourth-order valence-corrected chi connectivity index (χ4v) is 4.67. The summed E-state index contributed by atoms with van der Waals surface area (Å²) in [5.41, 5.74) is 0. The molecule has 1 amide bonds. The summed E-state index contributed by atoms with van der Waals surface area (Å²) in [7, 11) is 0. The molecule has 2 saturated heterocycles. The van der Waals surface area contributed by atoms with Crippen LogP contribution in [0, 0.1) is 17.8 Å². The van der Waals surface area contributed by atoms with Crippen LogP contribution in [0.1, 0.15) is 32.1 Å². The quantitative estimate of drug-likeness (QED) is 0.799. The van der Waals surface area contributed by atoms with Gasteiger partial charge in [-0.1, -0.05) is 12.2 Å². The maximum absolute atomic E-state index is 12.6. The van der Waals surface area contributed by atoms with Gasteiger partial charge in [-0.15, -0.1) is 0 Å². The Morgan fingerprint density at radius 2 is 2.05 bits per heavy atom. The minimum atomic E-state index is 0.0657. The summed E-state index contributed by atoms with van der Waals surface area (Å²) in [6.45, 7) is 3.56. The highest BCUT2D eigenvalue weighted by atomic mass is 16.5. The Labute approximate surface area is 126 Å². The van der Waals surface area contributed by atoms with Gasteiger partial charge in [0.1, 0.15) is 0 Å². The van der Waals surface area contributed by atoms with Gasteiger partial charge in [0.05, 0.1) is 6.04 Å². The second-order valence-electron chi connectivity index (χ2n) is 7.17. The van der Waals surface area contributed by atoms with Gasteiger partial charge in [0.25, 0.3) is 0 Å². The van der Waals surface area contributed by atoms with Crippen molar-refractivity contribution in [2.45, 2.75) is 44.2 Å². The van der Waals surface area contributed by atoms with Crippen LogP contribution in [0.25, 0.3) is 0 Å². The van der Waals surface area contributed by atoms with Gasteiger partial charge in [0, 0.05) is 25.8 Å². The molecule has 4 unspecified atom stereocenters. The van der Waals surface area contributed by atoms with Gasteiger partial charge in [-0.2, -0.15) is 0 Å². The lowest BCUT2D eigenvalue weighted by Crippen LogP contribution is -2.45. The zero-order chi connectivity index (χ0) is 14.2. The Balaban J connectivity index is 1.28. The largest absolute Gasteiger partial charge is 0.381 e. The molecule has 4 nitrogen and oxygen atoms in total. The second kappa shape index (κ2) is 5.73. The zero-order valence-electron chi connectivity index (χ0n) is 12.7. The summed E-state index contributed by atoms with van der Waals surface area (Å²) in [4.78, 5) is 14.7. The van der Waals surface area contributed by atoms with Crippen molar-refractivity contribution in [1.82, 2.24) is 10.2 Å². The number of amides is 1. The molecule has 0 radical (unpaired) electrons. The molecule has 0 aromatic heterocycles. The molecule has 2 bridgehead atoms. The van der Waals surface area contributed by atoms with Gasteiger partial charge in [0.15, 0.2) is 0 Å². The Kier molecular flexibility index (Phi) is 3.76. The first-order valence-electron chi connectivity index (χ1n) is 8.61. The number of carbonyl (C=O) groups excluding carboxylic acids is 1. The van der Waals surface area contributed by atoms with Crippen molar-refractivity contribution in [2.75, 3.05) is 26.3 Å². The van der Waals surface area contributed by atoms with Crippen LogP contribution in [0.15, 0.2) is 12.2 Å². The van der Waals surface area contributed by atoms with E-state index in [4.69, 9.17) is 4.74 Å². The van der Waals surface area contributed by atoms with Gasteiger partial charge in [-0.3, -0.25) is 4.79 Å². The molecule has 3 fully saturated rings. The van der Waals surface area contributed by atoms with E-state index in [1.54, 1.807) is 0 Å². The first-order chi connectivity index (χ1) is 10.3. The summed E-state index contributed by atoms with van der Waals surface area (Å²) in [6.07, 6.45) is 10.4. The molecule has 1 saturated carbocycles. The third kappa shape index (κ3) is 2.64. The molecular formula is C17H26N2O2. The number of nitrogens with one attached hydrogen (secondary N) is 1. The minimum absolute atomic E-state index is 0.0657. The Morgan fingerprint density at radius 3 is 2.76 bits per heavy atom. The molecular weight excluding hydrogens is 264 g/mol. The molecule has 2 aliphatic carbocycles. The molecule has 1 N–H and O–H groups in total. The fraction of sp³-hybridized carbons (Fsp3) is 0.824. The van der Waals surface area contributed by atoms with E-state index in [-0.39, 0.29) is 6.04 Å². The third-order valence-electron chi connectivity index (χ3n) is 5.91. The summed E-state index contributed by atoms with van der Waals surface area (Å²) in [5, 5.41) is 3.57. The number of rotatable bonds is 4. The van der Waals surface area contributed by atoms with Crippen LogP contribution in [0.3, 0.4) is 0 Å². The van der Waals surface area contributed by atoms with Crippen molar-refractivity contribution >= 4 is 5.91 Å². The van der Waals surface area contributed by atoms with Crippen molar-refractivity contribution in [3.63, 3.8) is 0 Å². The molecule has 4 rings (SSSR count). The van der Waals surface area contributed by atoms with Crippen LogP contribution >= 0.6 is 0 Å². The lowest BCUT2D eigenvalue weighted by atomic mass is 9.93. The summed E-state index contributed by atoms with van der Waals surface area (Å²) in [6, 6.07) is 0.486. The number of allylic oxidation sites excluding steroid dienone is 2. The fourth-order valence-electron chi connectivity index (χ4n) is 4.67. The highest BCUT2D eigenvalue weighted by molar-refractivity contribution is 5.84. The molecule has 0 spiro atoms. The Morgan fingerprint density at radius 1 is 1.19 bits per heavy atom. The third-order valence-corrected chi connectivity index (χ3v) is 5.91. The molecule has 4 heteroatoms. The molecule has 2 heterocycles. The average molecular weight is 290 g/mol. The number of fused-ring (bicyclic) bond motifs is 2. The van der Waals surface area contributed by atoms with Crippen LogP contribution in [-0.2, 0) is 9.53 Å². The average Bonchev–Trinajstić information content (AvgIpc) is 3.22. The molecule has 4 atom stereocenters. The number of nitrogens with zero attached hydrogens (tertiary/aromatic N) is 1. The predicted molar refractivity (Wildman–Crippen MR) is 80.8 cm³/mol. The smallest absolute Gasteiger partial charge is 0.240 e. The number of hydrogen-bond acceptors (Lipinski definition) is 3. The van der Waals surface area contributed by atoms with E-state index in [0.29, 0.717) is 11.9 Å². The molecule has 0 aromatic rings. The molecule has 2 aliphatic heterocycles. The highest BCUT2D eigenvalue weighted by Gasteiger charge is 2.39. The lowest BCUT2D eigenvalue weighted by Gasteiger charge is -2.31. The van der Waals surface area contributed by atoms with Crippen molar-refractivity contribution < 1.29 is 9.53 Å². The van der Waals surface area contributed by atoms with Crippen LogP contribution in [0.5, 0.6) is 0 Å². The van der Waals surface area contributed by atoms with Crippen molar-refractivity contribution in [3.05, 3.63) is 12.2 Å². The van der Waals surface area contributed by atoms with E-state index in [2.05, 4.69) is 22.4 Å². The van der Waals surface area contributed by atoms with Crippen molar-refractivity contribution in [1.29, 1.82) is 0 Å². The monoisotopic (exact) mass is 290 g/mol. The standard InChI is InChI=1S/C17H26N2O2/c20-17-16(3-6-19(17)15-4-7-21-8-5-15)18-11-14-10-12-1-2-13(14)9-12/h1-2,12-16,18H,3-11H2. The van der Waals surface area contributed by atoms with Gasteiger partial charge in [-0.25, -0.2) is 0 Å². The van der Waals surface area contributed by atoms with Gasteiger partial charge < -0.3 is 15.0 Å². The summed E-state index contributed by atoms with van der Waals surface area (Å²) < 4.78 is 5.40.